The van der Waals surface area contributed by atoms with E-state index in [1.165, 1.54) is 0 Å². The van der Waals surface area contributed by atoms with E-state index >= 15 is 0 Å². The Labute approximate surface area is 94.1 Å². The summed E-state index contributed by atoms with van der Waals surface area (Å²) in [4.78, 5) is 15.6. The SMILES string of the molecule is O=C(Cc1ccncc1)Nc1ccccc1. The van der Waals surface area contributed by atoms with Crippen molar-refractivity contribution in [3.8, 4) is 0 Å². The van der Waals surface area contributed by atoms with Gasteiger partial charge in [0, 0.05) is 18.1 Å². The molecule has 0 aliphatic rings. The Kier molecular flexibility index (Phi) is 3.28. The third-order valence-electron chi connectivity index (χ3n) is 2.17. The number of hydrogen-bond donors (Lipinski definition) is 1. The van der Waals surface area contributed by atoms with Crippen molar-refractivity contribution in [2.24, 2.45) is 0 Å². The summed E-state index contributed by atoms with van der Waals surface area (Å²) in [6, 6.07) is 13.1. The fourth-order valence-corrected chi connectivity index (χ4v) is 1.41. The Balaban J connectivity index is 1.95. The first-order valence-electron chi connectivity index (χ1n) is 5.08. The van der Waals surface area contributed by atoms with Gasteiger partial charge in [-0.05, 0) is 29.8 Å². The lowest BCUT2D eigenvalue weighted by Gasteiger charge is -2.04. The highest BCUT2D eigenvalue weighted by Crippen LogP contribution is 2.06. The van der Waals surface area contributed by atoms with Crippen LogP contribution in [0.1, 0.15) is 5.56 Å². The van der Waals surface area contributed by atoms with Crippen LogP contribution in [0.15, 0.2) is 54.9 Å². The summed E-state index contributed by atoms with van der Waals surface area (Å²) < 4.78 is 0. The fraction of sp³-hybridized carbons (Fsp3) is 0.0769. The van der Waals surface area contributed by atoms with Crippen molar-refractivity contribution < 1.29 is 4.79 Å². The normalized spacial score (nSPS) is 9.75. The molecule has 1 heterocycles. The quantitative estimate of drug-likeness (QED) is 0.848. The smallest absolute Gasteiger partial charge is 0.228 e. The van der Waals surface area contributed by atoms with E-state index in [9.17, 15) is 4.79 Å². The Hall–Kier alpha value is -2.16. The number of carbonyl (C=O) groups excluding carboxylic acids is 1. The number of hydrogen-bond acceptors (Lipinski definition) is 2. The maximum atomic E-state index is 11.7. The second kappa shape index (κ2) is 5.07. The molecule has 0 saturated carbocycles. The molecule has 0 bridgehead atoms. The van der Waals surface area contributed by atoms with E-state index in [0.717, 1.165) is 11.3 Å². The van der Waals surface area contributed by atoms with Crippen molar-refractivity contribution in [3.63, 3.8) is 0 Å². The van der Waals surface area contributed by atoms with Crippen LogP contribution in [-0.2, 0) is 11.2 Å². The van der Waals surface area contributed by atoms with E-state index in [1.54, 1.807) is 12.4 Å². The molecule has 1 aromatic heterocycles. The zero-order valence-corrected chi connectivity index (χ0v) is 8.76. The Bertz CT molecular complexity index is 410. The largest absolute Gasteiger partial charge is 0.326 e. The van der Waals surface area contributed by atoms with Crippen molar-refractivity contribution >= 4 is 11.6 Å². The third kappa shape index (κ3) is 2.92. The van der Waals surface area contributed by atoms with Crippen LogP contribution in [0.25, 0.3) is 0 Å². The van der Waals surface area contributed by atoms with Crippen LogP contribution in [-0.4, -0.2) is 10.9 Å². The van der Waals surface area contributed by atoms with Gasteiger partial charge in [-0.3, -0.25) is 9.78 Å². The minimum Gasteiger partial charge on any atom is -0.326 e. The van der Waals surface area contributed by atoms with E-state index < -0.39 is 0 Å². The molecule has 1 amide bonds. The van der Waals surface area contributed by atoms with Crippen molar-refractivity contribution in [1.29, 1.82) is 0 Å². The van der Waals surface area contributed by atoms with Crippen molar-refractivity contribution in [3.05, 3.63) is 60.4 Å². The van der Waals surface area contributed by atoms with Crippen LogP contribution >= 0.6 is 0 Å². The van der Waals surface area contributed by atoms with E-state index in [2.05, 4.69) is 10.3 Å². The predicted molar refractivity (Wildman–Crippen MR) is 63.0 cm³/mol. The molecule has 2 aromatic rings. The van der Waals surface area contributed by atoms with Crippen LogP contribution in [0, 0.1) is 0 Å². The number of rotatable bonds is 3. The first kappa shape index (κ1) is 10.4. The van der Waals surface area contributed by atoms with Gasteiger partial charge in [0.1, 0.15) is 0 Å². The van der Waals surface area contributed by atoms with Gasteiger partial charge < -0.3 is 5.32 Å². The van der Waals surface area contributed by atoms with E-state index in [0.29, 0.717) is 6.42 Å². The van der Waals surface area contributed by atoms with Gasteiger partial charge in [0.25, 0.3) is 0 Å². The number of nitrogens with one attached hydrogen (secondary N) is 1. The molecular formula is C13H12N2O. The van der Waals surface area contributed by atoms with Gasteiger partial charge in [0.2, 0.25) is 5.91 Å². The Morgan fingerprint density at radius 2 is 1.75 bits per heavy atom. The summed E-state index contributed by atoms with van der Waals surface area (Å²) in [5.41, 5.74) is 1.78. The highest BCUT2D eigenvalue weighted by molar-refractivity contribution is 5.92. The van der Waals surface area contributed by atoms with Crippen LogP contribution in [0.4, 0.5) is 5.69 Å². The number of aromatic nitrogens is 1. The molecular weight excluding hydrogens is 200 g/mol. The molecule has 2 rings (SSSR count). The average Bonchev–Trinajstić information content (AvgIpc) is 2.31. The van der Waals surface area contributed by atoms with E-state index in [4.69, 9.17) is 0 Å². The summed E-state index contributed by atoms with van der Waals surface area (Å²) in [5, 5.41) is 2.83. The van der Waals surface area contributed by atoms with Gasteiger partial charge in [-0.25, -0.2) is 0 Å². The lowest BCUT2D eigenvalue weighted by atomic mass is 10.2. The first-order chi connectivity index (χ1) is 7.84. The topological polar surface area (TPSA) is 42.0 Å². The molecule has 0 spiro atoms. The summed E-state index contributed by atoms with van der Waals surface area (Å²) in [7, 11) is 0. The molecule has 0 atom stereocenters. The summed E-state index contributed by atoms with van der Waals surface area (Å²) in [5.74, 6) is -0.0163. The maximum Gasteiger partial charge on any atom is 0.228 e. The molecule has 80 valence electrons. The van der Waals surface area contributed by atoms with Crippen LogP contribution in [0.2, 0.25) is 0 Å². The standard InChI is InChI=1S/C13H12N2O/c16-13(10-11-6-8-14-9-7-11)15-12-4-2-1-3-5-12/h1-9H,10H2,(H,15,16). The lowest BCUT2D eigenvalue weighted by molar-refractivity contribution is -0.115. The molecule has 0 fully saturated rings. The molecule has 0 aliphatic carbocycles. The van der Waals surface area contributed by atoms with Gasteiger partial charge in [-0.2, -0.15) is 0 Å². The van der Waals surface area contributed by atoms with Gasteiger partial charge in [0.15, 0.2) is 0 Å². The Morgan fingerprint density at radius 3 is 2.44 bits per heavy atom. The molecule has 1 aromatic carbocycles. The third-order valence-corrected chi connectivity index (χ3v) is 2.17. The molecule has 3 nitrogen and oxygen atoms in total. The number of para-hydroxylation sites is 1. The van der Waals surface area contributed by atoms with Gasteiger partial charge in [-0.1, -0.05) is 18.2 Å². The fourth-order valence-electron chi connectivity index (χ4n) is 1.41. The van der Waals surface area contributed by atoms with Crippen LogP contribution in [0.5, 0.6) is 0 Å². The second-order valence-electron chi connectivity index (χ2n) is 3.45. The van der Waals surface area contributed by atoms with E-state index in [1.807, 2.05) is 42.5 Å². The minimum atomic E-state index is -0.0163. The number of anilines is 1. The van der Waals surface area contributed by atoms with Crippen molar-refractivity contribution in [1.82, 2.24) is 4.98 Å². The number of nitrogens with zero attached hydrogens (tertiary/aromatic N) is 1. The molecule has 3 heteroatoms. The maximum absolute atomic E-state index is 11.7. The summed E-state index contributed by atoms with van der Waals surface area (Å²) >= 11 is 0. The van der Waals surface area contributed by atoms with Crippen molar-refractivity contribution in [2.75, 3.05) is 5.32 Å². The van der Waals surface area contributed by atoms with Gasteiger partial charge >= 0.3 is 0 Å². The summed E-state index contributed by atoms with van der Waals surface area (Å²) in [6.07, 6.45) is 3.74. The summed E-state index contributed by atoms with van der Waals surface area (Å²) in [6.45, 7) is 0. The second-order valence-corrected chi connectivity index (χ2v) is 3.45. The number of amides is 1. The highest BCUT2D eigenvalue weighted by atomic mass is 16.1. The molecule has 16 heavy (non-hydrogen) atoms. The van der Waals surface area contributed by atoms with Gasteiger partial charge in [-0.15, -0.1) is 0 Å². The van der Waals surface area contributed by atoms with Crippen LogP contribution < -0.4 is 5.32 Å². The minimum absolute atomic E-state index is 0.0163. The monoisotopic (exact) mass is 212 g/mol. The molecule has 0 radical (unpaired) electrons. The van der Waals surface area contributed by atoms with Gasteiger partial charge in [0.05, 0.1) is 6.42 Å². The molecule has 0 unspecified atom stereocenters. The molecule has 0 aliphatic heterocycles. The highest BCUT2D eigenvalue weighted by Gasteiger charge is 2.02. The van der Waals surface area contributed by atoms with Crippen molar-refractivity contribution in [2.45, 2.75) is 6.42 Å². The zero-order chi connectivity index (χ0) is 11.2. The molecule has 1 N–H and O–H groups in total. The Morgan fingerprint density at radius 1 is 1.06 bits per heavy atom. The predicted octanol–water partition coefficient (Wildman–Crippen LogP) is 2.26. The average molecular weight is 212 g/mol. The molecule has 0 saturated heterocycles. The lowest BCUT2D eigenvalue weighted by Crippen LogP contribution is -2.14. The van der Waals surface area contributed by atoms with E-state index in [-0.39, 0.29) is 5.91 Å². The number of carbonyl (C=O) groups is 1. The first-order valence-corrected chi connectivity index (χ1v) is 5.08. The van der Waals surface area contributed by atoms with Crippen LogP contribution in [0.3, 0.4) is 0 Å². The number of pyridine rings is 1. The zero-order valence-electron chi connectivity index (χ0n) is 8.76. The number of benzene rings is 1.